The third-order valence-electron chi connectivity index (χ3n) is 2.29. The van der Waals surface area contributed by atoms with Crippen LogP contribution in [-0.2, 0) is 21.1 Å². The summed E-state index contributed by atoms with van der Waals surface area (Å²) in [4.78, 5) is 9.91. The molecular weight excluding hydrogens is 263 g/mol. The summed E-state index contributed by atoms with van der Waals surface area (Å²) in [7, 11) is -2.51. The molecule has 100 valence electrons. The summed E-state index contributed by atoms with van der Waals surface area (Å²) in [6.45, 7) is 0. The van der Waals surface area contributed by atoms with E-state index < -0.39 is 26.5 Å². The van der Waals surface area contributed by atoms with Gasteiger partial charge in [-0.1, -0.05) is 0 Å². The first-order valence-electron chi connectivity index (χ1n) is 5.04. The van der Waals surface area contributed by atoms with Crippen LogP contribution < -0.4 is 4.74 Å². The van der Waals surface area contributed by atoms with Crippen LogP contribution in [0.3, 0.4) is 0 Å². The van der Waals surface area contributed by atoms with Crippen molar-refractivity contribution < 1.29 is 27.4 Å². The highest BCUT2D eigenvalue weighted by atomic mass is 32.2. The Bertz CT molecular complexity index is 565. The summed E-state index contributed by atoms with van der Waals surface area (Å²) >= 11 is 0. The van der Waals surface area contributed by atoms with E-state index in [1.165, 1.54) is 13.2 Å². The largest absolute Gasteiger partial charge is 0.495 e. The van der Waals surface area contributed by atoms with E-state index in [-0.39, 0.29) is 18.6 Å². The SMILES string of the molecule is COc1cc(CCC(=O)O)cc(F)c1S(C)(=O)=O. The molecule has 0 atom stereocenters. The van der Waals surface area contributed by atoms with Crippen LogP contribution in [0, 0.1) is 5.82 Å². The molecule has 0 saturated heterocycles. The molecule has 7 heteroatoms. The van der Waals surface area contributed by atoms with Crippen molar-refractivity contribution in [2.45, 2.75) is 17.7 Å². The van der Waals surface area contributed by atoms with Gasteiger partial charge in [-0.05, 0) is 24.1 Å². The normalized spacial score (nSPS) is 11.3. The Morgan fingerprint density at radius 3 is 2.50 bits per heavy atom. The lowest BCUT2D eigenvalue weighted by molar-refractivity contribution is -0.136. The predicted molar refractivity (Wildman–Crippen MR) is 62.0 cm³/mol. The van der Waals surface area contributed by atoms with E-state index in [2.05, 4.69) is 0 Å². The van der Waals surface area contributed by atoms with Crippen LogP contribution in [0.4, 0.5) is 4.39 Å². The van der Waals surface area contributed by atoms with Crippen molar-refractivity contribution in [1.82, 2.24) is 0 Å². The first kappa shape index (κ1) is 14.4. The number of ether oxygens (including phenoxy) is 1. The maximum atomic E-state index is 13.7. The molecule has 1 aromatic rings. The molecule has 0 fully saturated rings. The first-order valence-corrected chi connectivity index (χ1v) is 6.93. The number of carbonyl (C=O) groups is 1. The second-order valence-corrected chi connectivity index (χ2v) is 5.73. The van der Waals surface area contributed by atoms with Gasteiger partial charge >= 0.3 is 5.97 Å². The Morgan fingerprint density at radius 1 is 1.44 bits per heavy atom. The van der Waals surface area contributed by atoms with Crippen LogP contribution in [-0.4, -0.2) is 32.9 Å². The number of aliphatic carboxylic acids is 1. The van der Waals surface area contributed by atoms with Gasteiger partial charge in [0.2, 0.25) is 0 Å². The second kappa shape index (κ2) is 5.34. The van der Waals surface area contributed by atoms with Crippen LogP contribution in [0.2, 0.25) is 0 Å². The molecule has 0 aliphatic carbocycles. The van der Waals surface area contributed by atoms with Gasteiger partial charge in [-0.15, -0.1) is 0 Å². The summed E-state index contributed by atoms with van der Waals surface area (Å²) in [6, 6.07) is 2.35. The van der Waals surface area contributed by atoms with E-state index in [9.17, 15) is 17.6 Å². The second-order valence-electron chi connectivity index (χ2n) is 3.77. The Balaban J connectivity index is 3.23. The number of halogens is 1. The molecule has 0 aromatic heterocycles. The minimum absolute atomic E-state index is 0.104. The average molecular weight is 276 g/mol. The Labute approximate surface area is 104 Å². The van der Waals surface area contributed by atoms with E-state index in [1.54, 1.807) is 0 Å². The van der Waals surface area contributed by atoms with Crippen LogP contribution >= 0.6 is 0 Å². The molecule has 1 aromatic carbocycles. The molecule has 1 rings (SSSR count). The molecule has 18 heavy (non-hydrogen) atoms. The highest BCUT2D eigenvalue weighted by molar-refractivity contribution is 7.90. The molecule has 0 spiro atoms. The average Bonchev–Trinajstić information content (AvgIpc) is 2.23. The molecule has 5 nitrogen and oxygen atoms in total. The van der Waals surface area contributed by atoms with Gasteiger partial charge in [0.05, 0.1) is 7.11 Å². The standard InChI is InChI=1S/C11H13FO5S/c1-17-9-6-7(3-4-10(13)14)5-8(12)11(9)18(2,15)16/h5-6H,3-4H2,1-2H3,(H,13,14). The van der Waals surface area contributed by atoms with Gasteiger partial charge < -0.3 is 9.84 Å². The summed E-state index contributed by atoms with van der Waals surface area (Å²) in [5, 5.41) is 8.53. The predicted octanol–water partition coefficient (Wildman–Crippen LogP) is 1.26. The van der Waals surface area contributed by atoms with E-state index >= 15 is 0 Å². The Hall–Kier alpha value is -1.63. The molecule has 0 saturated carbocycles. The molecule has 0 radical (unpaired) electrons. The van der Waals surface area contributed by atoms with Crippen LogP contribution in [0.15, 0.2) is 17.0 Å². The molecule has 1 N–H and O–H groups in total. The third-order valence-corrected chi connectivity index (χ3v) is 3.43. The van der Waals surface area contributed by atoms with Crippen molar-refractivity contribution in [2.24, 2.45) is 0 Å². The lowest BCUT2D eigenvalue weighted by atomic mass is 10.1. The summed E-state index contributed by atoms with van der Waals surface area (Å²) < 4.78 is 41.3. The van der Waals surface area contributed by atoms with Gasteiger partial charge in [0, 0.05) is 12.7 Å². The molecule has 0 amide bonds. The van der Waals surface area contributed by atoms with Crippen molar-refractivity contribution in [3.05, 3.63) is 23.5 Å². The zero-order valence-corrected chi connectivity index (χ0v) is 10.8. The van der Waals surface area contributed by atoms with Gasteiger partial charge in [-0.3, -0.25) is 4.79 Å². The number of carboxylic acids is 1. The fourth-order valence-electron chi connectivity index (χ4n) is 1.53. The zero-order chi connectivity index (χ0) is 13.9. The van der Waals surface area contributed by atoms with E-state index in [0.717, 1.165) is 12.3 Å². The summed E-state index contributed by atoms with van der Waals surface area (Å²) in [5.74, 6) is -2.06. The molecule has 0 aliphatic heterocycles. The highest BCUT2D eigenvalue weighted by Gasteiger charge is 2.21. The maximum Gasteiger partial charge on any atom is 0.303 e. The van der Waals surface area contributed by atoms with Crippen LogP contribution in [0.25, 0.3) is 0 Å². The highest BCUT2D eigenvalue weighted by Crippen LogP contribution is 2.28. The van der Waals surface area contributed by atoms with Crippen LogP contribution in [0.5, 0.6) is 5.75 Å². The minimum atomic E-state index is -3.74. The van der Waals surface area contributed by atoms with Gasteiger partial charge in [-0.25, -0.2) is 12.8 Å². The Kier molecular flexibility index (Phi) is 4.28. The molecule has 0 unspecified atom stereocenters. The van der Waals surface area contributed by atoms with Gasteiger partial charge in [0.25, 0.3) is 0 Å². The van der Waals surface area contributed by atoms with E-state index in [0.29, 0.717) is 5.56 Å². The number of methoxy groups -OCH3 is 1. The molecule has 0 aliphatic rings. The van der Waals surface area contributed by atoms with Crippen molar-refractivity contribution in [3.63, 3.8) is 0 Å². The fourth-order valence-corrected chi connectivity index (χ4v) is 2.45. The number of hydrogen-bond acceptors (Lipinski definition) is 4. The first-order chi connectivity index (χ1) is 8.25. The number of rotatable bonds is 5. The van der Waals surface area contributed by atoms with Gasteiger partial charge in [-0.2, -0.15) is 0 Å². The quantitative estimate of drug-likeness (QED) is 0.875. The van der Waals surface area contributed by atoms with Crippen molar-refractivity contribution in [3.8, 4) is 5.75 Å². The maximum absolute atomic E-state index is 13.7. The topological polar surface area (TPSA) is 80.7 Å². The molecule has 0 bridgehead atoms. The number of hydrogen-bond donors (Lipinski definition) is 1. The van der Waals surface area contributed by atoms with Gasteiger partial charge in [0.1, 0.15) is 16.5 Å². The van der Waals surface area contributed by atoms with Crippen molar-refractivity contribution in [2.75, 3.05) is 13.4 Å². The van der Waals surface area contributed by atoms with E-state index in [1.807, 2.05) is 0 Å². The smallest absolute Gasteiger partial charge is 0.303 e. The Morgan fingerprint density at radius 2 is 2.06 bits per heavy atom. The monoisotopic (exact) mass is 276 g/mol. The zero-order valence-electron chi connectivity index (χ0n) is 9.94. The van der Waals surface area contributed by atoms with Crippen molar-refractivity contribution in [1.29, 1.82) is 0 Å². The molecular formula is C11H13FO5S. The summed E-state index contributed by atoms with van der Waals surface area (Å²) in [5.41, 5.74) is 0.374. The summed E-state index contributed by atoms with van der Waals surface area (Å²) in [6.07, 6.45) is 0.818. The van der Waals surface area contributed by atoms with Crippen molar-refractivity contribution >= 4 is 15.8 Å². The minimum Gasteiger partial charge on any atom is -0.495 e. The number of aryl methyl sites for hydroxylation is 1. The number of benzene rings is 1. The van der Waals surface area contributed by atoms with E-state index in [4.69, 9.17) is 9.84 Å². The van der Waals surface area contributed by atoms with Gasteiger partial charge in [0.15, 0.2) is 9.84 Å². The third kappa shape index (κ3) is 3.43. The lowest BCUT2D eigenvalue weighted by Crippen LogP contribution is -2.06. The molecule has 0 heterocycles. The number of sulfone groups is 1. The number of carboxylic acid groups (broad SMARTS) is 1. The fraction of sp³-hybridized carbons (Fsp3) is 0.364. The van der Waals surface area contributed by atoms with Crippen LogP contribution in [0.1, 0.15) is 12.0 Å². The lowest BCUT2D eigenvalue weighted by Gasteiger charge is -2.10.